The summed E-state index contributed by atoms with van der Waals surface area (Å²) in [4.78, 5) is 17.0. The van der Waals surface area contributed by atoms with Gasteiger partial charge in [0, 0.05) is 5.56 Å². The molecule has 0 aliphatic rings. The summed E-state index contributed by atoms with van der Waals surface area (Å²) in [5.41, 5.74) is 4.21. The van der Waals surface area contributed by atoms with Gasteiger partial charge in [0.25, 0.3) is 15.9 Å². The number of aromatic nitrogens is 1. The SMILES string of the molecule is Cc1cc(C)c(S(=O)(=O)Nc2ccc3sc(NC(=O)c4ccccc4)nc3c2)cc1C.Cl. The van der Waals surface area contributed by atoms with Crippen LogP contribution >= 0.6 is 23.7 Å². The lowest BCUT2D eigenvalue weighted by molar-refractivity contribution is 0.102. The third-order valence-corrected chi connectivity index (χ3v) is 7.45. The Hall–Kier alpha value is -2.94. The van der Waals surface area contributed by atoms with Gasteiger partial charge in [-0.3, -0.25) is 14.8 Å². The van der Waals surface area contributed by atoms with Crippen LogP contribution in [-0.2, 0) is 10.0 Å². The monoisotopic (exact) mass is 487 g/mol. The number of hydrogen-bond donors (Lipinski definition) is 2. The molecule has 6 nitrogen and oxygen atoms in total. The van der Waals surface area contributed by atoms with Gasteiger partial charge in [0.2, 0.25) is 0 Å². The van der Waals surface area contributed by atoms with E-state index in [1.165, 1.54) is 11.3 Å². The molecule has 0 fully saturated rings. The van der Waals surface area contributed by atoms with Crippen molar-refractivity contribution in [2.45, 2.75) is 25.7 Å². The van der Waals surface area contributed by atoms with E-state index < -0.39 is 10.0 Å². The average Bonchev–Trinajstić information content (AvgIpc) is 3.12. The number of benzene rings is 3. The Morgan fingerprint density at radius 2 is 1.59 bits per heavy atom. The first-order chi connectivity index (χ1) is 14.7. The highest BCUT2D eigenvalue weighted by Gasteiger charge is 2.19. The second-order valence-corrected chi connectivity index (χ2v) is 10.0. The third kappa shape index (κ3) is 4.93. The molecule has 2 N–H and O–H groups in total. The molecular formula is C23H22ClN3O3S2. The van der Waals surface area contributed by atoms with Crippen molar-refractivity contribution in [2.75, 3.05) is 10.0 Å². The molecule has 0 unspecified atom stereocenters. The first-order valence-electron chi connectivity index (χ1n) is 9.60. The Bertz CT molecular complexity index is 1400. The van der Waals surface area contributed by atoms with Gasteiger partial charge in [-0.25, -0.2) is 13.4 Å². The molecule has 0 spiro atoms. The van der Waals surface area contributed by atoms with Crippen molar-refractivity contribution in [1.82, 2.24) is 4.98 Å². The van der Waals surface area contributed by atoms with Crippen LogP contribution < -0.4 is 10.0 Å². The molecule has 9 heteroatoms. The lowest BCUT2D eigenvalue weighted by Gasteiger charge is -2.12. The molecule has 32 heavy (non-hydrogen) atoms. The molecule has 0 aliphatic heterocycles. The van der Waals surface area contributed by atoms with E-state index in [1.807, 2.05) is 26.0 Å². The summed E-state index contributed by atoms with van der Waals surface area (Å²) in [5, 5.41) is 3.24. The minimum atomic E-state index is -3.74. The Balaban J connectivity index is 0.00000289. The maximum atomic E-state index is 12.9. The smallest absolute Gasteiger partial charge is 0.262 e. The molecular weight excluding hydrogens is 466 g/mol. The highest BCUT2D eigenvalue weighted by molar-refractivity contribution is 7.92. The van der Waals surface area contributed by atoms with Crippen molar-refractivity contribution >= 4 is 60.7 Å². The third-order valence-electron chi connectivity index (χ3n) is 4.98. The molecule has 0 aliphatic carbocycles. The Morgan fingerprint density at radius 1 is 0.906 bits per heavy atom. The molecule has 0 radical (unpaired) electrons. The average molecular weight is 488 g/mol. The van der Waals surface area contributed by atoms with E-state index in [-0.39, 0.29) is 23.2 Å². The zero-order valence-electron chi connectivity index (χ0n) is 17.7. The van der Waals surface area contributed by atoms with Gasteiger partial charge in [0.1, 0.15) is 0 Å². The number of carbonyl (C=O) groups excluding carboxylic acids is 1. The number of aryl methyl sites for hydroxylation is 3. The number of anilines is 2. The number of rotatable bonds is 5. The van der Waals surface area contributed by atoms with E-state index in [9.17, 15) is 13.2 Å². The quantitative estimate of drug-likeness (QED) is 0.378. The number of halogens is 1. The predicted octanol–water partition coefficient (Wildman–Crippen LogP) is 5.70. The topological polar surface area (TPSA) is 88.2 Å². The van der Waals surface area contributed by atoms with Gasteiger partial charge in [-0.15, -0.1) is 12.4 Å². The highest BCUT2D eigenvalue weighted by Crippen LogP contribution is 2.30. The van der Waals surface area contributed by atoms with Crippen LogP contribution in [-0.4, -0.2) is 19.3 Å². The Morgan fingerprint density at radius 3 is 2.31 bits per heavy atom. The summed E-state index contributed by atoms with van der Waals surface area (Å²) < 4.78 is 29.4. The molecule has 4 rings (SSSR count). The summed E-state index contributed by atoms with van der Waals surface area (Å²) in [6.45, 7) is 5.63. The Kier molecular flexibility index (Phi) is 6.88. The fourth-order valence-electron chi connectivity index (χ4n) is 3.24. The van der Waals surface area contributed by atoms with E-state index >= 15 is 0 Å². The second kappa shape index (κ2) is 9.28. The summed E-state index contributed by atoms with van der Waals surface area (Å²) in [6.07, 6.45) is 0. The standard InChI is InChI=1S/C23H21N3O3S2.ClH/c1-14-11-16(3)21(12-15(14)2)31(28,29)26-18-9-10-20-19(13-18)24-23(30-20)25-22(27)17-7-5-4-6-8-17;/h4-13,26H,1-3H3,(H,24,25,27);1H. The summed E-state index contributed by atoms with van der Waals surface area (Å²) in [5.74, 6) is -0.245. The number of fused-ring (bicyclic) bond motifs is 1. The van der Waals surface area contributed by atoms with Gasteiger partial charge in [-0.1, -0.05) is 35.6 Å². The highest BCUT2D eigenvalue weighted by atomic mass is 35.5. The molecule has 1 heterocycles. The van der Waals surface area contributed by atoms with Gasteiger partial charge < -0.3 is 0 Å². The fourth-order valence-corrected chi connectivity index (χ4v) is 5.44. The van der Waals surface area contributed by atoms with Crippen molar-refractivity contribution in [3.8, 4) is 0 Å². The summed E-state index contributed by atoms with van der Waals surface area (Å²) in [7, 11) is -3.74. The van der Waals surface area contributed by atoms with Crippen molar-refractivity contribution in [3.63, 3.8) is 0 Å². The van der Waals surface area contributed by atoms with E-state index in [0.717, 1.165) is 15.8 Å². The van der Waals surface area contributed by atoms with Gasteiger partial charge in [0.15, 0.2) is 5.13 Å². The number of thiazole rings is 1. The molecule has 3 aromatic carbocycles. The molecule has 1 aromatic heterocycles. The molecule has 0 saturated carbocycles. The number of sulfonamides is 1. The van der Waals surface area contributed by atoms with Crippen LogP contribution in [0.25, 0.3) is 10.2 Å². The molecule has 1 amide bonds. The number of carbonyl (C=O) groups is 1. The minimum Gasteiger partial charge on any atom is -0.298 e. The van der Waals surface area contributed by atoms with E-state index in [2.05, 4.69) is 15.0 Å². The van der Waals surface area contributed by atoms with Crippen LogP contribution in [0.5, 0.6) is 0 Å². The van der Waals surface area contributed by atoms with Crippen molar-refractivity contribution in [3.05, 3.63) is 82.9 Å². The fraction of sp³-hybridized carbons (Fsp3) is 0.130. The van der Waals surface area contributed by atoms with Crippen molar-refractivity contribution in [2.24, 2.45) is 0 Å². The van der Waals surface area contributed by atoms with Gasteiger partial charge in [-0.05, 0) is 73.9 Å². The predicted molar refractivity (Wildman–Crippen MR) is 133 cm³/mol. The van der Waals surface area contributed by atoms with Crippen LogP contribution in [0, 0.1) is 20.8 Å². The van der Waals surface area contributed by atoms with E-state index in [1.54, 1.807) is 55.5 Å². The number of hydrogen-bond acceptors (Lipinski definition) is 5. The zero-order valence-corrected chi connectivity index (χ0v) is 20.1. The van der Waals surface area contributed by atoms with Gasteiger partial charge in [-0.2, -0.15) is 0 Å². The van der Waals surface area contributed by atoms with E-state index in [0.29, 0.717) is 27.5 Å². The lowest BCUT2D eigenvalue weighted by atomic mass is 10.1. The molecule has 166 valence electrons. The van der Waals surface area contributed by atoms with Crippen LogP contribution in [0.15, 0.2) is 65.6 Å². The lowest BCUT2D eigenvalue weighted by Crippen LogP contribution is -2.14. The second-order valence-electron chi connectivity index (χ2n) is 7.33. The van der Waals surface area contributed by atoms with Crippen molar-refractivity contribution < 1.29 is 13.2 Å². The zero-order chi connectivity index (χ0) is 22.2. The van der Waals surface area contributed by atoms with Crippen LogP contribution in [0.2, 0.25) is 0 Å². The summed E-state index contributed by atoms with van der Waals surface area (Å²) >= 11 is 1.33. The molecule has 4 aromatic rings. The number of nitrogens with zero attached hydrogens (tertiary/aromatic N) is 1. The normalized spacial score (nSPS) is 11.1. The van der Waals surface area contributed by atoms with Crippen LogP contribution in [0.4, 0.5) is 10.8 Å². The molecule has 0 bridgehead atoms. The molecule has 0 saturated heterocycles. The number of nitrogens with one attached hydrogen (secondary N) is 2. The van der Waals surface area contributed by atoms with Crippen LogP contribution in [0.1, 0.15) is 27.0 Å². The number of amides is 1. The van der Waals surface area contributed by atoms with Crippen LogP contribution in [0.3, 0.4) is 0 Å². The maximum Gasteiger partial charge on any atom is 0.262 e. The first kappa shape index (κ1) is 23.7. The molecule has 0 atom stereocenters. The summed E-state index contributed by atoms with van der Waals surface area (Å²) in [6, 6.07) is 17.6. The van der Waals surface area contributed by atoms with E-state index in [4.69, 9.17) is 0 Å². The van der Waals surface area contributed by atoms with Gasteiger partial charge in [0.05, 0.1) is 20.8 Å². The maximum absolute atomic E-state index is 12.9. The largest absolute Gasteiger partial charge is 0.298 e. The minimum absolute atomic E-state index is 0. The first-order valence-corrected chi connectivity index (χ1v) is 11.9. The Labute approximate surface area is 197 Å². The van der Waals surface area contributed by atoms with Gasteiger partial charge >= 0.3 is 0 Å². The van der Waals surface area contributed by atoms with Crippen molar-refractivity contribution in [1.29, 1.82) is 0 Å².